The zero-order valence-corrected chi connectivity index (χ0v) is 12.4. The fraction of sp³-hybridized carbons (Fsp3) is 0.188. The molecular weight excluding hydrogens is 284 g/mol. The van der Waals surface area contributed by atoms with Crippen LogP contribution in [-0.2, 0) is 10.8 Å². The first kappa shape index (κ1) is 13.8. The lowest BCUT2D eigenvalue weighted by atomic mass is 10.0. The summed E-state index contributed by atoms with van der Waals surface area (Å²) in [7, 11) is -1.27. The molecule has 106 valence electrons. The van der Waals surface area contributed by atoms with Crippen molar-refractivity contribution in [3.8, 4) is 0 Å². The number of para-hydroxylation sites is 1. The summed E-state index contributed by atoms with van der Waals surface area (Å²) in [5.41, 5.74) is 1.69. The Kier molecular flexibility index (Phi) is 3.75. The van der Waals surface area contributed by atoms with Crippen LogP contribution < -0.4 is 0 Å². The van der Waals surface area contributed by atoms with Crippen LogP contribution in [0.1, 0.15) is 18.5 Å². The highest BCUT2D eigenvalue weighted by Gasteiger charge is 2.35. The maximum atomic E-state index is 12.3. The summed E-state index contributed by atoms with van der Waals surface area (Å²) in [6, 6.07) is 16.4. The van der Waals surface area contributed by atoms with Gasteiger partial charge in [0.1, 0.15) is 5.75 Å². The third-order valence-electron chi connectivity index (χ3n) is 3.51. The molecule has 0 bridgehead atoms. The molecule has 0 aliphatic carbocycles. The van der Waals surface area contributed by atoms with Crippen molar-refractivity contribution in [3.63, 3.8) is 0 Å². The van der Waals surface area contributed by atoms with E-state index in [1.165, 1.54) is 0 Å². The molecule has 21 heavy (non-hydrogen) atoms. The van der Waals surface area contributed by atoms with Gasteiger partial charge in [0.15, 0.2) is 11.7 Å². The van der Waals surface area contributed by atoms with E-state index in [4.69, 9.17) is 0 Å². The molecule has 1 aliphatic heterocycles. The minimum Gasteiger partial charge on any atom is -0.254 e. The molecular formula is C16H15N2O2S+. The Balaban J connectivity index is 1.91. The molecule has 1 heterocycles. The van der Waals surface area contributed by atoms with Crippen molar-refractivity contribution in [2.45, 2.75) is 17.9 Å². The first-order chi connectivity index (χ1) is 10.2. The quantitative estimate of drug-likeness (QED) is 0.816. The molecule has 1 aliphatic rings. The molecule has 4 nitrogen and oxygen atoms in total. The molecule has 2 atom stereocenters. The van der Waals surface area contributed by atoms with Gasteiger partial charge >= 0.3 is 5.84 Å². The molecule has 0 N–H and O–H groups in total. The molecule has 0 fully saturated rings. The second kappa shape index (κ2) is 5.69. The van der Waals surface area contributed by atoms with E-state index in [9.17, 15) is 9.12 Å². The standard InChI is InChI=1S/C16H15N2O2S/c1-12-14-9-5-6-10-15(14)17-16(18(12)19)11-21(20)13-7-3-2-4-8-13/h2-10,12H,11H2,1H3/q+1. The van der Waals surface area contributed by atoms with Crippen molar-refractivity contribution < 1.29 is 8.97 Å². The van der Waals surface area contributed by atoms with E-state index in [-0.39, 0.29) is 11.8 Å². The second-order valence-corrected chi connectivity index (χ2v) is 6.34. The van der Waals surface area contributed by atoms with Crippen molar-refractivity contribution in [2.75, 3.05) is 5.75 Å². The van der Waals surface area contributed by atoms with Gasteiger partial charge in [-0.2, -0.15) is 0 Å². The number of nitroso groups, excluding NO2 is 1. The van der Waals surface area contributed by atoms with Crippen molar-refractivity contribution in [1.29, 1.82) is 0 Å². The number of benzene rings is 2. The van der Waals surface area contributed by atoms with Crippen molar-refractivity contribution in [1.82, 2.24) is 0 Å². The van der Waals surface area contributed by atoms with Crippen LogP contribution in [0.25, 0.3) is 0 Å². The summed E-state index contributed by atoms with van der Waals surface area (Å²) in [4.78, 5) is 17.4. The lowest BCUT2D eigenvalue weighted by Crippen LogP contribution is -2.29. The molecule has 0 aromatic heterocycles. The molecule has 0 spiro atoms. The summed E-state index contributed by atoms with van der Waals surface area (Å²) < 4.78 is 13.2. The second-order valence-electron chi connectivity index (χ2n) is 4.89. The summed E-state index contributed by atoms with van der Waals surface area (Å²) >= 11 is 0. The van der Waals surface area contributed by atoms with Gasteiger partial charge in [-0.1, -0.05) is 41.3 Å². The van der Waals surface area contributed by atoms with Crippen LogP contribution in [0, 0.1) is 4.91 Å². The minimum absolute atomic E-state index is 0.131. The van der Waals surface area contributed by atoms with E-state index in [2.05, 4.69) is 4.99 Å². The number of amidine groups is 1. The van der Waals surface area contributed by atoms with Gasteiger partial charge in [0.25, 0.3) is 0 Å². The van der Waals surface area contributed by atoms with E-state index < -0.39 is 10.8 Å². The van der Waals surface area contributed by atoms with Crippen LogP contribution >= 0.6 is 0 Å². The number of hydrogen-bond donors (Lipinski definition) is 0. The topological polar surface area (TPSA) is 49.5 Å². The zero-order chi connectivity index (χ0) is 14.8. The van der Waals surface area contributed by atoms with Gasteiger partial charge in [-0.25, -0.2) is 0 Å². The first-order valence-electron chi connectivity index (χ1n) is 6.73. The molecule has 0 amide bonds. The van der Waals surface area contributed by atoms with E-state index in [1.54, 1.807) is 12.1 Å². The average Bonchev–Trinajstić information content (AvgIpc) is 2.53. The number of fused-ring (bicyclic) bond motifs is 1. The van der Waals surface area contributed by atoms with Gasteiger partial charge in [0.05, 0.1) is 16.4 Å². The van der Waals surface area contributed by atoms with Crippen LogP contribution in [0.3, 0.4) is 0 Å². The largest absolute Gasteiger partial charge is 0.350 e. The van der Waals surface area contributed by atoms with Crippen LogP contribution in [-0.4, -0.2) is 20.6 Å². The highest BCUT2D eigenvalue weighted by molar-refractivity contribution is 7.85. The van der Waals surface area contributed by atoms with Crippen molar-refractivity contribution in [2.24, 2.45) is 4.99 Å². The molecule has 5 heteroatoms. The summed E-state index contributed by atoms with van der Waals surface area (Å²) in [5, 5.41) is 0. The Morgan fingerprint density at radius 1 is 1.10 bits per heavy atom. The van der Waals surface area contributed by atoms with E-state index >= 15 is 0 Å². The molecule has 2 aromatic carbocycles. The molecule has 2 aromatic rings. The highest BCUT2D eigenvalue weighted by atomic mass is 32.2. The van der Waals surface area contributed by atoms with Gasteiger partial charge in [-0.05, 0) is 34.9 Å². The Hall–Kier alpha value is -2.14. The lowest BCUT2D eigenvalue weighted by molar-refractivity contribution is -0.480. The number of aliphatic imine (C=N–C) groups is 1. The maximum absolute atomic E-state index is 12.3. The van der Waals surface area contributed by atoms with Crippen LogP contribution in [0.5, 0.6) is 0 Å². The Bertz CT molecular complexity index is 741. The van der Waals surface area contributed by atoms with Gasteiger partial charge in [-0.3, -0.25) is 4.21 Å². The minimum atomic E-state index is -1.27. The molecule has 2 unspecified atom stereocenters. The molecule has 3 rings (SSSR count). The monoisotopic (exact) mass is 299 g/mol. The van der Waals surface area contributed by atoms with E-state index in [0.717, 1.165) is 16.0 Å². The smallest absolute Gasteiger partial charge is 0.254 e. The third kappa shape index (κ3) is 2.69. The Morgan fingerprint density at radius 3 is 2.52 bits per heavy atom. The third-order valence-corrected chi connectivity index (χ3v) is 4.83. The maximum Gasteiger partial charge on any atom is 0.350 e. The van der Waals surface area contributed by atoms with Gasteiger partial charge in [0, 0.05) is 4.90 Å². The predicted molar refractivity (Wildman–Crippen MR) is 83.3 cm³/mol. The van der Waals surface area contributed by atoms with Crippen LogP contribution in [0.15, 0.2) is 64.5 Å². The zero-order valence-electron chi connectivity index (χ0n) is 11.6. The number of hydrogen-bond acceptors (Lipinski definition) is 3. The van der Waals surface area contributed by atoms with Crippen molar-refractivity contribution >= 4 is 22.3 Å². The average molecular weight is 299 g/mol. The Morgan fingerprint density at radius 2 is 1.76 bits per heavy atom. The summed E-state index contributed by atoms with van der Waals surface area (Å²) in [6.07, 6.45) is 0. The fourth-order valence-electron chi connectivity index (χ4n) is 2.35. The van der Waals surface area contributed by atoms with E-state index in [1.807, 2.05) is 49.4 Å². The van der Waals surface area contributed by atoms with Crippen LogP contribution in [0.4, 0.5) is 5.69 Å². The number of rotatable bonds is 3. The SMILES string of the molecule is CC1c2ccccc2N=C(CS(=O)c2ccccc2)[N+]1=O. The van der Waals surface area contributed by atoms with Gasteiger partial charge < -0.3 is 0 Å². The summed E-state index contributed by atoms with van der Waals surface area (Å²) in [5.74, 6) is 0.454. The lowest BCUT2D eigenvalue weighted by Gasteiger charge is -2.13. The molecule has 0 saturated carbocycles. The van der Waals surface area contributed by atoms with Gasteiger partial charge in [-0.15, -0.1) is 0 Å². The molecule has 0 saturated heterocycles. The normalized spacial score (nSPS) is 18.8. The summed E-state index contributed by atoms with van der Waals surface area (Å²) in [6.45, 7) is 1.84. The van der Waals surface area contributed by atoms with Gasteiger partial charge in [0.2, 0.25) is 0 Å². The number of nitrogens with zero attached hydrogens (tertiary/aromatic N) is 2. The Labute approximate surface area is 125 Å². The molecule has 0 radical (unpaired) electrons. The highest BCUT2D eigenvalue weighted by Crippen LogP contribution is 2.32. The predicted octanol–water partition coefficient (Wildman–Crippen LogP) is 3.38. The van der Waals surface area contributed by atoms with Crippen molar-refractivity contribution in [3.05, 3.63) is 65.1 Å². The fourth-order valence-corrected chi connectivity index (χ4v) is 3.40. The first-order valence-corrected chi connectivity index (χ1v) is 8.05. The van der Waals surface area contributed by atoms with Crippen LogP contribution in [0.2, 0.25) is 0 Å². The van der Waals surface area contributed by atoms with E-state index in [0.29, 0.717) is 10.7 Å².